The van der Waals surface area contributed by atoms with Crippen LogP contribution in [0.2, 0.25) is 0 Å². The van der Waals surface area contributed by atoms with Gasteiger partial charge in [-0.05, 0) is 43.0 Å². The summed E-state index contributed by atoms with van der Waals surface area (Å²) in [6.45, 7) is 3.04. The fraction of sp³-hybridized carbons (Fsp3) is 0.478. The Labute approximate surface area is 162 Å². The molecule has 1 aliphatic carbocycles. The fourth-order valence-corrected chi connectivity index (χ4v) is 3.96. The number of para-hydroxylation sites is 1. The first-order valence-corrected chi connectivity index (χ1v) is 10.2. The third kappa shape index (κ3) is 6.17. The van der Waals surface area contributed by atoms with Crippen molar-refractivity contribution in [2.45, 2.75) is 64.5 Å². The number of nitrogens with zero attached hydrogens (tertiary/aromatic N) is 1. The number of hydrogen-bond acceptors (Lipinski definition) is 3. The molecule has 27 heavy (non-hydrogen) atoms. The number of pyridine rings is 1. The first-order chi connectivity index (χ1) is 13.2. The van der Waals surface area contributed by atoms with Crippen molar-refractivity contribution in [2.24, 2.45) is 5.92 Å². The molecule has 0 spiro atoms. The van der Waals surface area contributed by atoms with Gasteiger partial charge < -0.3 is 10.6 Å². The van der Waals surface area contributed by atoms with Gasteiger partial charge in [-0.1, -0.05) is 56.7 Å². The Balaban J connectivity index is 1.55. The zero-order chi connectivity index (χ0) is 18.9. The van der Waals surface area contributed by atoms with Crippen molar-refractivity contribution >= 4 is 11.6 Å². The zero-order valence-electron chi connectivity index (χ0n) is 16.3. The average molecular weight is 366 g/mol. The maximum atomic E-state index is 12.4. The Kier molecular flexibility index (Phi) is 7.40. The fourth-order valence-electron chi connectivity index (χ4n) is 3.96. The molecule has 1 atom stereocenters. The minimum atomic E-state index is -0.123. The van der Waals surface area contributed by atoms with Crippen LogP contribution in [-0.2, 0) is 6.54 Å². The van der Waals surface area contributed by atoms with Crippen molar-refractivity contribution in [1.29, 1.82) is 0 Å². The van der Waals surface area contributed by atoms with E-state index in [-0.39, 0.29) is 5.91 Å². The number of aromatic nitrogens is 1. The van der Waals surface area contributed by atoms with E-state index in [0.717, 1.165) is 23.7 Å². The van der Waals surface area contributed by atoms with E-state index in [4.69, 9.17) is 0 Å². The molecule has 3 rings (SSSR count). The largest absolute Gasteiger partial charge is 0.322 e. The molecule has 4 heteroatoms. The summed E-state index contributed by atoms with van der Waals surface area (Å²) in [7, 11) is 0. The van der Waals surface area contributed by atoms with Crippen LogP contribution in [-0.4, -0.2) is 16.9 Å². The van der Waals surface area contributed by atoms with E-state index in [1.165, 1.54) is 44.9 Å². The molecule has 144 valence electrons. The number of benzene rings is 1. The summed E-state index contributed by atoms with van der Waals surface area (Å²) in [4.78, 5) is 16.4. The molecule has 0 bridgehead atoms. The highest BCUT2D eigenvalue weighted by Crippen LogP contribution is 2.26. The SMILES string of the molecule is C[C@@H](CC1CCCCCC1)NCc1ccccc1NC(=O)c1cccnc1. The third-order valence-electron chi connectivity index (χ3n) is 5.49. The molecule has 1 heterocycles. The summed E-state index contributed by atoms with van der Waals surface area (Å²) in [5.74, 6) is 0.734. The molecule has 1 fully saturated rings. The number of amides is 1. The minimum Gasteiger partial charge on any atom is -0.322 e. The van der Waals surface area contributed by atoms with Gasteiger partial charge in [0.15, 0.2) is 0 Å². The number of carbonyl (C=O) groups is 1. The Morgan fingerprint density at radius 2 is 1.89 bits per heavy atom. The van der Waals surface area contributed by atoms with E-state index in [1.54, 1.807) is 24.5 Å². The molecule has 1 aliphatic rings. The summed E-state index contributed by atoms with van der Waals surface area (Å²) in [6, 6.07) is 12.0. The standard InChI is InChI=1S/C23H31N3O/c1-18(15-19-9-4-2-3-5-10-19)25-17-20-11-6-7-13-22(20)26-23(27)21-12-8-14-24-16-21/h6-8,11-14,16,18-19,25H,2-5,9-10,15,17H2,1H3,(H,26,27)/t18-/m0/s1. The van der Waals surface area contributed by atoms with E-state index in [0.29, 0.717) is 11.6 Å². The molecule has 0 unspecified atom stereocenters. The molecule has 0 saturated heterocycles. The highest BCUT2D eigenvalue weighted by Gasteiger charge is 2.16. The highest BCUT2D eigenvalue weighted by atomic mass is 16.1. The maximum Gasteiger partial charge on any atom is 0.257 e. The normalized spacial score (nSPS) is 16.5. The smallest absolute Gasteiger partial charge is 0.257 e. The zero-order valence-corrected chi connectivity index (χ0v) is 16.3. The maximum absolute atomic E-state index is 12.4. The van der Waals surface area contributed by atoms with Crippen molar-refractivity contribution in [1.82, 2.24) is 10.3 Å². The lowest BCUT2D eigenvalue weighted by molar-refractivity contribution is 0.102. The number of hydrogen-bond donors (Lipinski definition) is 2. The summed E-state index contributed by atoms with van der Waals surface area (Å²) in [6.07, 6.45) is 12.8. The van der Waals surface area contributed by atoms with Gasteiger partial charge in [0.1, 0.15) is 0 Å². The van der Waals surface area contributed by atoms with Gasteiger partial charge in [0, 0.05) is 30.7 Å². The van der Waals surface area contributed by atoms with E-state index >= 15 is 0 Å². The lowest BCUT2D eigenvalue weighted by Crippen LogP contribution is -2.28. The van der Waals surface area contributed by atoms with Crippen LogP contribution in [0.25, 0.3) is 0 Å². The van der Waals surface area contributed by atoms with Crippen LogP contribution in [0.15, 0.2) is 48.8 Å². The minimum absolute atomic E-state index is 0.123. The molecule has 4 nitrogen and oxygen atoms in total. The topological polar surface area (TPSA) is 54.0 Å². The first kappa shape index (κ1) is 19.6. The van der Waals surface area contributed by atoms with E-state index in [2.05, 4.69) is 28.6 Å². The molecule has 1 aromatic heterocycles. The molecule has 0 aliphatic heterocycles. The first-order valence-electron chi connectivity index (χ1n) is 10.2. The lowest BCUT2D eigenvalue weighted by atomic mass is 9.93. The molecule has 0 radical (unpaired) electrons. The molecule has 1 amide bonds. The van der Waals surface area contributed by atoms with Crippen molar-refractivity contribution < 1.29 is 4.79 Å². The highest BCUT2D eigenvalue weighted by molar-refractivity contribution is 6.04. The van der Waals surface area contributed by atoms with Gasteiger partial charge >= 0.3 is 0 Å². The van der Waals surface area contributed by atoms with E-state index in [1.807, 2.05) is 18.2 Å². The molecule has 1 aromatic carbocycles. The van der Waals surface area contributed by atoms with Crippen LogP contribution in [0, 0.1) is 5.92 Å². The number of rotatable bonds is 7. The molecule has 1 saturated carbocycles. The van der Waals surface area contributed by atoms with Gasteiger partial charge in [0.25, 0.3) is 5.91 Å². The summed E-state index contributed by atoms with van der Waals surface area (Å²) in [5, 5.41) is 6.68. The number of carbonyl (C=O) groups excluding carboxylic acids is 1. The Hall–Kier alpha value is -2.20. The van der Waals surface area contributed by atoms with Crippen LogP contribution in [0.4, 0.5) is 5.69 Å². The Morgan fingerprint density at radius 1 is 1.11 bits per heavy atom. The summed E-state index contributed by atoms with van der Waals surface area (Å²) in [5.41, 5.74) is 2.55. The lowest BCUT2D eigenvalue weighted by Gasteiger charge is -2.21. The van der Waals surface area contributed by atoms with Crippen LogP contribution < -0.4 is 10.6 Å². The molecule has 2 N–H and O–H groups in total. The predicted molar refractivity (Wildman–Crippen MR) is 111 cm³/mol. The van der Waals surface area contributed by atoms with Crippen molar-refractivity contribution in [3.63, 3.8) is 0 Å². The summed E-state index contributed by atoms with van der Waals surface area (Å²) >= 11 is 0. The molecular formula is C23H31N3O. The second-order valence-electron chi connectivity index (χ2n) is 7.73. The van der Waals surface area contributed by atoms with Gasteiger partial charge in [-0.15, -0.1) is 0 Å². The van der Waals surface area contributed by atoms with Crippen LogP contribution in [0.3, 0.4) is 0 Å². The van der Waals surface area contributed by atoms with Crippen molar-refractivity contribution in [3.05, 3.63) is 59.9 Å². The number of nitrogens with one attached hydrogen (secondary N) is 2. The quantitative estimate of drug-likeness (QED) is 0.665. The summed E-state index contributed by atoms with van der Waals surface area (Å²) < 4.78 is 0. The van der Waals surface area contributed by atoms with Gasteiger partial charge in [0.05, 0.1) is 5.56 Å². The van der Waals surface area contributed by atoms with Crippen LogP contribution in [0.1, 0.15) is 67.8 Å². The second kappa shape index (κ2) is 10.2. The number of anilines is 1. The van der Waals surface area contributed by atoms with Crippen molar-refractivity contribution in [2.75, 3.05) is 5.32 Å². The van der Waals surface area contributed by atoms with Crippen LogP contribution >= 0.6 is 0 Å². The van der Waals surface area contributed by atoms with Gasteiger partial charge in [-0.25, -0.2) is 0 Å². The third-order valence-corrected chi connectivity index (χ3v) is 5.49. The monoisotopic (exact) mass is 365 g/mol. The van der Waals surface area contributed by atoms with E-state index < -0.39 is 0 Å². The Morgan fingerprint density at radius 3 is 2.63 bits per heavy atom. The van der Waals surface area contributed by atoms with Gasteiger partial charge in [0.2, 0.25) is 0 Å². The predicted octanol–water partition coefficient (Wildman–Crippen LogP) is 5.17. The Bertz CT molecular complexity index is 709. The van der Waals surface area contributed by atoms with Crippen LogP contribution in [0.5, 0.6) is 0 Å². The van der Waals surface area contributed by atoms with Crippen molar-refractivity contribution in [3.8, 4) is 0 Å². The average Bonchev–Trinajstić information content (AvgIpc) is 2.96. The van der Waals surface area contributed by atoms with E-state index in [9.17, 15) is 4.79 Å². The molecular weight excluding hydrogens is 334 g/mol. The van der Waals surface area contributed by atoms with Gasteiger partial charge in [-0.2, -0.15) is 0 Å². The molecule has 2 aromatic rings. The van der Waals surface area contributed by atoms with Gasteiger partial charge in [-0.3, -0.25) is 9.78 Å². The second-order valence-corrected chi connectivity index (χ2v) is 7.73.